The van der Waals surface area contributed by atoms with Gasteiger partial charge in [-0.1, -0.05) is 12.1 Å². The molecule has 1 saturated carbocycles. The second-order valence-corrected chi connectivity index (χ2v) is 4.57. The first-order chi connectivity index (χ1) is 8.07. The number of aliphatic hydroxyl groups excluding tert-OH is 1. The van der Waals surface area contributed by atoms with Crippen molar-refractivity contribution in [3.63, 3.8) is 0 Å². The van der Waals surface area contributed by atoms with Crippen LogP contribution in [0.3, 0.4) is 0 Å². The smallest absolute Gasteiger partial charge is 0.185 e. The maximum absolute atomic E-state index is 12.8. The van der Waals surface area contributed by atoms with Gasteiger partial charge in [-0.25, -0.2) is 4.39 Å². The quantitative estimate of drug-likeness (QED) is 0.426. The third kappa shape index (κ3) is 3.11. The van der Waals surface area contributed by atoms with Crippen LogP contribution in [0.4, 0.5) is 4.39 Å². The lowest BCUT2D eigenvalue weighted by atomic mass is 10.00. The van der Waals surface area contributed by atoms with Crippen molar-refractivity contribution in [1.29, 1.82) is 0 Å². The first-order valence-electron chi connectivity index (χ1n) is 5.49. The van der Waals surface area contributed by atoms with E-state index in [0.717, 1.165) is 12.0 Å². The molecule has 2 unspecified atom stereocenters. The molecule has 2 atom stereocenters. The molecule has 100 valence electrons. The first-order valence-corrected chi connectivity index (χ1v) is 5.49. The molecule has 0 amide bonds. The van der Waals surface area contributed by atoms with Gasteiger partial charge < -0.3 is 16.6 Å². The van der Waals surface area contributed by atoms with E-state index in [9.17, 15) is 9.50 Å². The minimum atomic E-state index is -0.276. The van der Waals surface area contributed by atoms with Crippen molar-refractivity contribution in [2.24, 2.45) is 21.9 Å². The highest BCUT2D eigenvalue weighted by molar-refractivity contribution is 14.0. The normalized spacial score (nSPS) is 25.1. The highest BCUT2D eigenvalue weighted by Gasteiger charge is 2.54. The predicted molar refractivity (Wildman–Crippen MR) is 79.4 cm³/mol. The number of guanidine groups is 1. The van der Waals surface area contributed by atoms with Crippen LogP contribution in [0.2, 0.25) is 0 Å². The number of halogens is 2. The Bertz CT molecular complexity index is 433. The summed E-state index contributed by atoms with van der Waals surface area (Å²) in [6, 6.07) is 6.34. The zero-order valence-electron chi connectivity index (χ0n) is 9.84. The molecular formula is C12H17FIN3O. The number of aliphatic hydroxyl groups is 1. The van der Waals surface area contributed by atoms with Gasteiger partial charge in [0, 0.05) is 5.41 Å². The van der Waals surface area contributed by atoms with E-state index in [4.69, 9.17) is 11.5 Å². The number of hydrogen-bond donors (Lipinski definition) is 3. The van der Waals surface area contributed by atoms with E-state index < -0.39 is 0 Å². The Hall–Kier alpha value is -0.890. The monoisotopic (exact) mass is 365 g/mol. The molecule has 18 heavy (non-hydrogen) atoms. The van der Waals surface area contributed by atoms with Crippen LogP contribution in [0.25, 0.3) is 0 Å². The fraction of sp³-hybridized carbons (Fsp3) is 0.417. The van der Waals surface area contributed by atoms with Gasteiger partial charge >= 0.3 is 0 Å². The van der Waals surface area contributed by atoms with Gasteiger partial charge in [0.15, 0.2) is 5.96 Å². The zero-order valence-corrected chi connectivity index (χ0v) is 12.2. The number of benzene rings is 1. The third-order valence-electron chi connectivity index (χ3n) is 3.35. The molecule has 2 rings (SSSR count). The Morgan fingerprint density at radius 1 is 1.39 bits per heavy atom. The van der Waals surface area contributed by atoms with Gasteiger partial charge in [-0.2, -0.15) is 0 Å². The number of aliphatic imine (C=N–C) groups is 1. The van der Waals surface area contributed by atoms with E-state index in [1.807, 2.05) is 0 Å². The molecule has 0 bridgehead atoms. The molecule has 0 heterocycles. The number of nitrogens with two attached hydrogens (primary N) is 2. The van der Waals surface area contributed by atoms with Crippen molar-refractivity contribution in [2.75, 3.05) is 13.2 Å². The largest absolute Gasteiger partial charge is 0.396 e. The lowest BCUT2D eigenvalue weighted by Crippen LogP contribution is -2.25. The molecule has 1 fully saturated rings. The van der Waals surface area contributed by atoms with E-state index in [2.05, 4.69) is 4.99 Å². The van der Waals surface area contributed by atoms with Crippen LogP contribution in [0.1, 0.15) is 17.9 Å². The van der Waals surface area contributed by atoms with Crippen molar-refractivity contribution in [1.82, 2.24) is 0 Å². The van der Waals surface area contributed by atoms with E-state index in [1.165, 1.54) is 12.1 Å². The summed E-state index contributed by atoms with van der Waals surface area (Å²) in [6.07, 6.45) is 0.825. The molecule has 0 radical (unpaired) electrons. The summed E-state index contributed by atoms with van der Waals surface area (Å²) in [5.74, 6) is -0.0213. The molecule has 6 heteroatoms. The molecule has 1 aliphatic rings. The average Bonchev–Trinajstić information content (AvgIpc) is 3.03. The van der Waals surface area contributed by atoms with Crippen molar-refractivity contribution >= 4 is 29.9 Å². The summed E-state index contributed by atoms with van der Waals surface area (Å²) in [7, 11) is 0. The summed E-state index contributed by atoms with van der Waals surface area (Å²) >= 11 is 0. The van der Waals surface area contributed by atoms with Crippen LogP contribution in [-0.2, 0) is 0 Å². The van der Waals surface area contributed by atoms with Gasteiger partial charge in [0.25, 0.3) is 0 Å². The van der Waals surface area contributed by atoms with E-state index in [1.54, 1.807) is 12.1 Å². The first kappa shape index (κ1) is 15.2. The van der Waals surface area contributed by atoms with E-state index in [-0.39, 0.29) is 53.7 Å². The van der Waals surface area contributed by atoms with Gasteiger partial charge in [-0.15, -0.1) is 24.0 Å². The van der Waals surface area contributed by atoms with Gasteiger partial charge in [0.2, 0.25) is 0 Å². The van der Waals surface area contributed by atoms with Gasteiger partial charge in [-0.3, -0.25) is 4.99 Å². The number of nitrogens with zero attached hydrogens (tertiary/aromatic N) is 1. The molecule has 0 aliphatic heterocycles. The van der Waals surface area contributed by atoms with Crippen LogP contribution in [-0.4, -0.2) is 24.2 Å². The number of rotatable bonds is 4. The lowest BCUT2D eigenvalue weighted by molar-refractivity contribution is 0.212. The fourth-order valence-corrected chi connectivity index (χ4v) is 2.16. The molecule has 5 N–H and O–H groups in total. The minimum absolute atomic E-state index is 0. The summed E-state index contributed by atoms with van der Waals surface area (Å²) in [4.78, 5) is 3.96. The summed E-state index contributed by atoms with van der Waals surface area (Å²) in [6.45, 7) is 0.444. The second-order valence-electron chi connectivity index (χ2n) is 4.57. The van der Waals surface area contributed by atoms with Crippen LogP contribution in [0.15, 0.2) is 29.3 Å². The Kier molecular flexibility index (Phi) is 4.92. The Morgan fingerprint density at radius 2 is 2.00 bits per heavy atom. The Labute approximate surface area is 122 Å². The van der Waals surface area contributed by atoms with Crippen molar-refractivity contribution in [3.05, 3.63) is 35.6 Å². The maximum atomic E-state index is 12.8. The topological polar surface area (TPSA) is 84.6 Å². The number of hydrogen-bond acceptors (Lipinski definition) is 2. The van der Waals surface area contributed by atoms with Crippen LogP contribution in [0.5, 0.6) is 0 Å². The van der Waals surface area contributed by atoms with Crippen molar-refractivity contribution < 1.29 is 9.50 Å². The molecule has 1 aliphatic carbocycles. The summed E-state index contributed by atoms with van der Waals surface area (Å²) < 4.78 is 12.8. The van der Waals surface area contributed by atoms with E-state index >= 15 is 0 Å². The molecule has 4 nitrogen and oxygen atoms in total. The van der Waals surface area contributed by atoms with E-state index in [0.29, 0.717) is 6.54 Å². The SMILES string of the molecule is I.NC(N)=NCC1(CO)CC1c1ccc(F)cc1. The highest BCUT2D eigenvalue weighted by Crippen LogP contribution is 2.59. The zero-order chi connectivity index (χ0) is 12.5. The fourth-order valence-electron chi connectivity index (χ4n) is 2.16. The minimum Gasteiger partial charge on any atom is -0.396 e. The highest BCUT2D eigenvalue weighted by atomic mass is 127. The predicted octanol–water partition coefficient (Wildman–Crippen LogP) is 1.18. The van der Waals surface area contributed by atoms with Crippen molar-refractivity contribution in [2.45, 2.75) is 12.3 Å². The summed E-state index contributed by atoms with van der Waals surface area (Å²) in [5, 5.41) is 9.43. The summed E-state index contributed by atoms with van der Waals surface area (Å²) in [5.41, 5.74) is 11.3. The molecule has 0 spiro atoms. The molecule has 1 aromatic carbocycles. The van der Waals surface area contributed by atoms with Gasteiger partial charge in [0.05, 0.1) is 13.2 Å². The standard InChI is InChI=1S/C12H16FN3O.HI/c13-9-3-1-8(2-4-9)10-5-12(10,7-17)6-16-11(14)15;/h1-4,10,17H,5-7H2,(H4,14,15,16);1H. The lowest BCUT2D eigenvalue weighted by Gasteiger charge is -2.11. The average molecular weight is 365 g/mol. The molecule has 1 aromatic rings. The Balaban J connectivity index is 0.00000162. The van der Waals surface area contributed by atoms with Crippen LogP contribution < -0.4 is 11.5 Å². The van der Waals surface area contributed by atoms with Crippen LogP contribution in [0, 0.1) is 11.2 Å². The van der Waals surface area contributed by atoms with Gasteiger partial charge in [-0.05, 0) is 30.0 Å². The molecule has 0 aromatic heterocycles. The third-order valence-corrected chi connectivity index (χ3v) is 3.35. The maximum Gasteiger partial charge on any atom is 0.185 e. The van der Waals surface area contributed by atoms with Crippen molar-refractivity contribution in [3.8, 4) is 0 Å². The van der Waals surface area contributed by atoms with Gasteiger partial charge in [0.1, 0.15) is 5.82 Å². The second kappa shape index (κ2) is 5.83. The van der Waals surface area contributed by atoms with Crippen LogP contribution >= 0.6 is 24.0 Å². The Morgan fingerprint density at radius 3 is 2.50 bits per heavy atom. The molecular weight excluding hydrogens is 348 g/mol. The molecule has 0 saturated heterocycles.